The van der Waals surface area contributed by atoms with Crippen LogP contribution in [0.5, 0.6) is 0 Å². The van der Waals surface area contributed by atoms with Gasteiger partial charge in [0.05, 0.1) is 25.7 Å². The number of amides is 5. The Hall–Kier alpha value is -2.65. The second-order valence-electron chi connectivity index (χ2n) is 6.37. The van der Waals surface area contributed by atoms with Gasteiger partial charge in [0, 0.05) is 5.69 Å². The molecule has 1 atom stereocenters. The molecule has 148 valence electrons. The van der Waals surface area contributed by atoms with Gasteiger partial charge in [-0.05, 0) is 23.6 Å². The van der Waals surface area contributed by atoms with Gasteiger partial charge in [0.1, 0.15) is 0 Å². The number of nitrogens with zero attached hydrogens (tertiary/aromatic N) is 1. The maximum absolute atomic E-state index is 12.0. The van der Waals surface area contributed by atoms with Gasteiger partial charge < -0.3 is 21.7 Å². The third-order valence-electron chi connectivity index (χ3n) is 3.93. The predicted octanol–water partition coefficient (Wildman–Crippen LogP) is 0.198. The molecule has 0 spiro atoms. The van der Waals surface area contributed by atoms with Crippen molar-refractivity contribution in [1.29, 1.82) is 0 Å². The number of benzene rings is 1. The van der Waals surface area contributed by atoms with Gasteiger partial charge in [-0.1, -0.05) is 26.0 Å². The summed E-state index contributed by atoms with van der Waals surface area (Å²) in [6.45, 7) is 3.56. The lowest BCUT2D eigenvalue weighted by Crippen LogP contribution is -2.46. The number of hydrogen-bond acceptors (Lipinski definition) is 5. The zero-order valence-electron chi connectivity index (χ0n) is 15.2. The normalized spacial score (nSPS) is 14.4. The fourth-order valence-corrected chi connectivity index (χ4v) is 2.34. The minimum Gasteiger partial charge on any atom is -0.346 e. The molecule has 0 aromatic heterocycles. The highest BCUT2D eigenvalue weighted by atomic mass is 35.5. The number of carbonyl (C=O) groups is 4. The summed E-state index contributed by atoms with van der Waals surface area (Å²) in [4.78, 5) is 48.0. The van der Waals surface area contributed by atoms with E-state index in [0.29, 0.717) is 11.3 Å². The van der Waals surface area contributed by atoms with E-state index in [1.165, 1.54) is 0 Å². The minimum atomic E-state index is -0.671. The van der Waals surface area contributed by atoms with Gasteiger partial charge in [-0.3, -0.25) is 19.3 Å². The van der Waals surface area contributed by atoms with Crippen LogP contribution in [0.25, 0.3) is 0 Å². The number of hydrogen-bond donors (Lipinski definition) is 4. The number of anilines is 1. The van der Waals surface area contributed by atoms with Crippen LogP contribution in [0.15, 0.2) is 24.3 Å². The average Bonchev–Trinajstić information content (AvgIpc) is 2.91. The Morgan fingerprint density at radius 3 is 2.59 bits per heavy atom. The highest BCUT2D eigenvalue weighted by Crippen LogP contribution is 2.14. The van der Waals surface area contributed by atoms with E-state index in [-0.39, 0.29) is 49.8 Å². The topological polar surface area (TPSA) is 134 Å². The Balaban J connectivity index is 0.00000364. The van der Waals surface area contributed by atoms with E-state index in [1.54, 1.807) is 24.3 Å². The van der Waals surface area contributed by atoms with Gasteiger partial charge in [0.15, 0.2) is 0 Å². The van der Waals surface area contributed by atoms with Gasteiger partial charge in [0.25, 0.3) is 0 Å². The number of halogens is 1. The molecule has 1 aromatic rings. The standard InChI is InChI=1S/C17H23N5O4.ClH/c1-10(2)15(18)16(25)19-7-13(23)21-12-5-3-4-11(6-12)9-22-14(24)8-20-17(22)26;/h3-6,10,15H,7-9,18H2,1-2H3,(H,19,25)(H,20,26)(H,21,23);1H/t15-;/m0./s1. The summed E-state index contributed by atoms with van der Waals surface area (Å²) >= 11 is 0. The molecule has 27 heavy (non-hydrogen) atoms. The SMILES string of the molecule is CC(C)[C@H](N)C(=O)NCC(=O)Nc1cccc(CN2C(=O)CNC2=O)c1.Cl. The number of nitrogens with one attached hydrogen (secondary N) is 3. The molecule has 1 aromatic carbocycles. The number of carbonyl (C=O) groups excluding carboxylic acids is 4. The summed E-state index contributed by atoms with van der Waals surface area (Å²) in [5, 5.41) is 7.59. The summed E-state index contributed by atoms with van der Waals surface area (Å²) in [6.07, 6.45) is 0. The first-order valence-electron chi connectivity index (χ1n) is 8.28. The van der Waals surface area contributed by atoms with Gasteiger partial charge in [-0.15, -0.1) is 12.4 Å². The van der Waals surface area contributed by atoms with Crippen molar-refractivity contribution >= 4 is 41.8 Å². The Bertz CT molecular complexity index is 709. The lowest BCUT2D eigenvalue weighted by Gasteiger charge is -2.15. The van der Waals surface area contributed by atoms with Crippen LogP contribution < -0.4 is 21.7 Å². The number of nitrogens with two attached hydrogens (primary N) is 1. The van der Waals surface area contributed by atoms with E-state index in [0.717, 1.165) is 4.90 Å². The highest BCUT2D eigenvalue weighted by Gasteiger charge is 2.28. The fourth-order valence-electron chi connectivity index (χ4n) is 2.34. The van der Waals surface area contributed by atoms with E-state index < -0.39 is 18.0 Å². The molecule has 1 aliphatic heterocycles. The van der Waals surface area contributed by atoms with E-state index in [4.69, 9.17) is 5.73 Å². The lowest BCUT2D eigenvalue weighted by molar-refractivity contribution is -0.126. The van der Waals surface area contributed by atoms with Crippen molar-refractivity contribution in [3.8, 4) is 0 Å². The molecular formula is C17H24ClN5O4. The van der Waals surface area contributed by atoms with Crippen LogP contribution >= 0.6 is 12.4 Å². The van der Waals surface area contributed by atoms with E-state index in [2.05, 4.69) is 16.0 Å². The number of imide groups is 1. The Morgan fingerprint density at radius 1 is 1.30 bits per heavy atom. The minimum absolute atomic E-state index is 0. The molecule has 0 saturated carbocycles. The fraction of sp³-hybridized carbons (Fsp3) is 0.412. The maximum atomic E-state index is 12.0. The lowest BCUT2D eigenvalue weighted by atomic mass is 10.1. The molecule has 0 bridgehead atoms. The molecular weight excluding hydrogens is 374 g/mol. The maximum Gasteiger partial charge on any atom is 0.324 e. The molecule has 5 N–H and O–H groups in total. The van der Waals surface area contributed by atoms with Crippen molar-refractivity contribution in [3.05, 3.63) is 29.8 Å². The molecule has 0 aliphatic carbocycles. The molecule has 9 nitrogen and oxygen atoms in total. The zero-order chi connectivity index (χ0) is 19.3. The van der Waals surface area contributed by atoms with Crippen molar-refractivity contribution in [1.82, 2.24) is 15.5 Å². The van der Waals surface area contributed by atoms with Crippen LogP contribution in [-0.2, 0) is 20.9 Å². The molecule has 10 heteroatoms. The van der Waals surface area contributed by atoms with Crippen LogP contribution in [0, 0.1) is 5.92 Å². The first-order chi connectivity index (χ1) is 12.3. The van der Waals surface area contributed by atoms with Crippen LogP contribution in [-0.4, -0.2) is 47.8 Å². The monoisotopic (exact) mass is 397 g/mol. The summed E-state index contributed by atoms with van der Waals surface area (Å²) in [6, 6.07) is 5.69. The van der Waals surface area contributed by atoms with Crippen molar-refractivity contribution in [3.63, 3.8) is 0 Å². The Labute approximate surface area is 163 Å². The van der Waals surface area contributed by atoms with Crippen molar-refractivity contribution < 1.29 is 19.2 Å². The first kappa shape index (κ1) is 22.4. The zero-order valence-corrected chi connectivity index (χ0v) is 16.0. The van der Waals surface area contributed by atoms with Gasteiger partial charge >= 0.3 is 6.03 Å². The van der Waals surface area contributed by atoms with Crippen molar-refractivity contribution in [2.75, 3.05) is 18.4 Å². The quantitative estimate of drug-likeness (QED) is 0.487. The second kappa shape index (κ2) is 9.89. The molecule has 1 fully saturated rings. The molecule has 1 aliphatic rings. The third kappa shape index (κ3) is 6.22. The van der Waals surface area contributed by atoms with Crippen molar-refractivity contribution in [2.45, 2.75) is 26.4 Å². The van der Waals surface area contributed by atoms with Crippen molar-refractivity contribution in [2.24, 2.45) is 11.7 Å². The van der Waals surface area contributed by atoms with E-state index in [9.17, 15) is 19.2 Å². The Morgan fingerprint density at radius 2 is 2.00 bits per heavy atom. The van der Waals surface area contributed by atoms with Gasteiger partial charge in [-0.2, -0.15) is 0 Å². The van der Waals surface area contributed by atoms with E-state index in [1.807, 2.05) is 13.8 Å². The largest absolute Gasteiger partial charge is 0.346 e. The molecule has 1 saturated heterocycles. The summed E-state index contributed by atoms with van der Waals surface area (Å²) in [5.74, 6) is -1.11. The molecule has 2 rings (SSSR count). The summed E-state index contributed by atoms with van der Waals surface area (Å²) in [7, 11) is 0. The summed E-state index contributed by atoms with van der Waals surface area (Å²) in [5.41, 5.74) is 6.91. The van der Waals surface area contributed by atoms with Gasteiger partial charge in [0.2, 0.25) is 17.7 Å². The highest BCUT2D eigenvalue weighted by molar-refractivity contribution is 6.02. The average molecular weight is 398 g/mol. The summed E-state index contributed by atoms with van der Waals surface area (Å²) < 4.78 is 0. The molecule has 1 heterocycles. The Kier molecular flexibility index (Phi) is 8.20. The number of rotatable bonds is 7. The number of urea groups is 1. The van der Waals surface area contributed by atoms with Crippen LogP contribution in [0.4, 0.5) is 10.5 Å². The van der Waals surface area contributed by atoms with Gasteiger partial charge in [-0.25, -0.2) is 4.79 Å². The van der Waals surface area contributed by atoms with Crippen LogP contribution in [0.3, 0.4) is 0 Å². The first-order valence-corrected chi connectivity index (χ1v) is 8.28. The van der Waals surface area contributed by atoms with E-state index >= 15 is 0 Å². The van der Waals surface area contributed by atoms with Crippen LogP contribution in [0.1, 0.15) is 19.4 Å². The predicted molar refractivity (Wildman–Crippen MR) is 102 cm³/mol. The molecule has 5 amide bonds. The second-order valence-corrected chi connectivity index (χ2v) is 6.37. The smallest absolute Gasteiger partial charge is 0.324 e. The molecule has 0 radical (unpaired) electrons. The third-order valence-corrected chi connectivity index (χ3v) is 3.93. The van der Waals surface area contributed by atoms with Crippen LogP contribution in [0.2, 0.25) is 0 Å². The molecule has 0 unspecified atom stereocenters.